The summed E-state index contributed by atoms with van der Waals surface area (Å²) >= 11 is 0. The van der Waals surface area contributed by atoms with E-state index in [9.17, 15) is 18.7 Å². The van der Waals surface area contributed by atoms with E-state index in [1.54, 1.807) is 0 Å². The van der Waals surface area contributed by atoms with E-state index >= 15 is 0 Å². The Balaban J connectivity index is 1.55. The van der Waals surface area contributed by atoms with Crippen LogP contribution < -0.4 is 0 Å². The SMILES string of the molecule is O=C(O)C1CC2CCCCC2N1Cc1coc(-c2ccc(F)c(F)c2)n1. The minimum atomic E-state index is -0.960. The summed E-state index contributed by atoms with van der Waals surface area (Å²) in [6.07, 6.45) is 6.49. The second kappa shape index (κ2) is 6.79. The van der Waals surface area contributed by atoms with Gasteiger partial charge in [0, 0.05) is 18.2 Å². The Morgan fingerprint density at radius 1 is 1.27 bits per heavy atom. The van der Waals surface area contributed by atoms with Crippen LogP contribution in [0.5, 0.6) is 0 Å². The molecule has 0 amide bonds. The zero-order valence-electron chi connectivity index (χ0n) is 14.2. The highest BCUT2D eigenvalue weighted by Crippen LogP contribution is 2.40. The van der Waals surface area contributed by atoms with E-state index in [-0.39, 0.29) is 11.9 Å². The van der Waals surface area contributed by atoms with E-state index in [1.807, 2.05) is 4.90 Å². The van der Waals surface area contributed by atoms with Gasteiger partial charge >= 0.3 is 5.97 Å². The Morgan fingerprint density at radius 3 is 2.85 bits per heavy atom. The molecule has 1 aromatic heterocycles. The first kappa shape index (κ1) is 17.1. The second-order valence-corrected chi connectivity index (χ2v) is 7.15. The lowest BCUT2D eigenvalue weighted by molar-refractivity contribution is -0.142. The van der Waals surface area contributed by atoms with Crippen molar-refractivity contribution in [1.29, 1.82) is 0 Å². The number of carboxylic acids is 1. The first-order valence-electron chi connectivity index (χ1n) is 8.91. The fourth-order valence-corrected chi connectivity index (χ4v) is 4.35. The van der Waals surface area contributed by atoms with Gasteiger partial charge in [0.15, 0.2) is 11.6 Å². The average molecular weight is 362 g/mol. The monoisotopic (exact) mass is 362 g/mol. The summed E-state index contributed by atoms with van der Waals surface area (Å²) in [7, 11) is 0. The summed E-state index contributed by atoms with van der Waals surface area (Å²) in [6.45, 7) is 0.380. The summed E-state index contributed by atoms with van der Waals surface area (Å²) in [5.74, 6) is -2.07. The molecule has 2 aromatic rings. The molecule has 1 saturated heterocycles. The largest absolute Gasteiger partial charge is 0.480 e. The predicted molar refractivity (Wildman–Crippen MR) is 89.2 cm³/mol. The predicted octanol–water partition coefficient (Wildman–Crippen LogP) is 3.84. The molecular formula is C19H20F2N2O3. The van der Waals surface area contributed by atoms with Crippen LogP contribution in [0.2, 0.25) is 0 Å². The van der Waals surface area contributed by atoms with Gasteiger partial charge < -0.3 is 9.52 Å². The number of nitrogens with zero attached hydrogens (tertiary/aromatic N) is 2. The van der Waals surface area contributed by atoms with Gasteiger partial charge in [-0.25, -0.2) is 13.8 Å². The van der Waals surface area contributed by atoms with Gasteiger partial charge in [-0.05, 0) is 43.4 Å². The molecule has 26 heavy (non-hydrogen) atoms. The third-order valence-corrected chi connectivity index (χ3v) is 5.57. The smallest absolute Gasteiger partial charge is 0.320 e. The highest BCUT2D eigenvalue weighted by Gasteiger charge is 2.45. The van der Waals surface area contributed by atoms with Crippen LogP contribution >= 0.6 is 0 Å². The topological polar surface area (TPSA) is 66.6 Å². The van der Waals surface area contributed by atoms with Crippen molar-refractivity contribution in [3.8, 4) is 11.5 Å². The molecule has 1 aliphatic heterocycles. The molecule has 2 aliphatic rings. The Kier molecular flexibility index (Phi) is 4.48. The van der Waals surface area contributed by atoms with Crippen LogP contribution in [0.1, 0.15) is 37.8 Å². The number of fused-ring (bicyclic) bond motifs is 1. The van der Waals surface area contributed by atoms with E-state index < -0.39 is 23.6 Å². The molecule has 5 nitrogen and oxygen atoms in total. The van der Waals surface area contributed by atoms with E-state index in [1.165, 1.54) is 12.3 Å². The van der Waals surface area contributed by atoms with Crippen LogP contribution in [0.3, 0.4) is 0 Å². The number of benzene rings is 1. The Bertz CT molecular complexity index is 823. The number of oxazole rings is 1. The first-order valence-corrected chi connectivity index (χ1v) is 8.91. The summed E-state index contributed by atoms with van der Waals surface area (Å²) in [5, 5.41) is 9.59. The molecule has 3 atom stereocenters. The Labute approximate surface area is 149 Å². The van der Waals surface area contributed by atoms with Crippen LogP contribution in [-0.4, -0.2) is 33.0 Å². The van der Waals surface area contributed by atoms with E-state index in [0.29, 0.717) is 30.1 Å². The molecule has 1 N–H and O–H groups in total. The number of carbonyl (C=O) groups is 1. The zero-order valence-corrected chi connectivity index (χ0v) is 14.2. The summed E-state index contributed by atoms with van der Waals surface area (Å²) in [4.78, 5) is 18.0. The highest BCUT2D eigenvalue weighted by atomic mass is 19.2. The van der Waals surface area contributed by atoms with Gasteiger partial charge in [0.25, 0.3) is 0 Å². The maximum Gasteiger partial charge on any atom is 0.320 e. The zero-order chi connectivity index (χ0) is 18.3. The standard InChI is InChI=1S/C19H20F2N2O3/c20-14-6-5-12(7-15(14)21)18-22-13(10-26-18)9-23-16-4-2-1-3-11(16)8-17(23)19(24)25/h5-7,10-11,16-17H,1-4,8-9H2,(H,24,25). The molecule has 0 bridgehead atoms. The normalized spacial score (nSPS) is 26.0. The van der Waals surface area contributed by atoms with E-state index in [2.05, 4.69) is 4.98 Å². The fourth-order valence-electron chi connectivity index (χ4n) is 4.35. The fraction of sp³-hybridized carbons (Fsp3) is 0.474. The number of likely N-dealkylation sites (tertiary alicyclic amines) is 1. The van der Waals surface area contributed by atoms with Crippen LogP contribution in [0, 0.1) is 17.6 Å². The number of hydrogen-bond donors (Lipinski definition) is 1. The van der Waals surface area contributed by atoms with Crippen molar-refractivity contribution >= 4 is 5.97 Å². The molecule has 4 rings (SSSR count). The first-order chi connectivity index (χ1) is 12.5. The number of aliphatic carboxylic acids is 1. The van der Waals surface area contributed by atoms with Gasteiger partial charge in [0.2, 0.25) is 5.89 Å². The molecule has 2 heterocycles. The molecule has 1 saturated carbocycles. The van der Waals surface area contributed by atoms with Gasteiger partial charge in [-0.2, -0.15) is 0 Å². The van der Waals surface area contributed by atoms with Gasteiger partial charge in [-0.1, -0.05) is 12.8 Å². The minimum absolute atomic E-state index is 0.199. The van der Waals surface area contributed by atoms with Crippen molar-refractivity contribution in [2.24, 2.45) is 5.92 Å². The molecule has 1 aliphatic carbocycles. The van der Waals surface area contributed by atoms with Crippen LogP contribution in [0.15, 0.2) is 28.9 Å². The quantitative estimate of drug-likeness (QED) is 0.895. The molecule has 0 spiro atoms. The van der Waals surface area contributed by atoms with Crippen molar-refractivity contribution in [1.82, 2.24) is 9.88 Å². The number of hydrogen-bond acceptors (Lipinski definition) is 4. The Hall–Kier alpha value is -2.28. The van der Waals surface area contributed by atoms with Gasteiger partial charge in [-0.3, -0.25) is 9.69 Å². The molecule has 3 unspecified atom stereocenters. The number of rotatable bonds is 4. The lowest BCUT2D eigenvalue weighted by Gasteiger charge is -2.32. The lowest BCUT2D eigenvalue weighted by Crippen LogP contribution is -2.41. The van der Waals surface area contributed by atoms with Crippen molar-refractivity contribution in [3.05, 3.63) is 41.8 Å². The molecule has 2 fully saturated rings. The van der Waals surface area contributed by atoms with E-state index in [0.717, 1.165) is 37.8 Å². The minimum Gasteiger partial charge on any atom is -0.480 e. The number of carboxylic acid groups (broad SMARTS) is 1. The lowest BCUT2D eigenvalue weighted by atomic mass is 9.85. The third kappa shape index (κ3) is 3.11. The van der Waals surface area contributed by atoms with Gasteiger partial charge in [-0.15, -0.1) is 0 Å². The van der Waals surface area contributed by atoms with E-state index in [4.69, 9.17) is 4.42 Å². The summed E-state index contributed by atoms with van der Waals surface area (Å²) in [6, 6.07) is 3.22. The third-order valence-electron chi connectivity index (χ3n) is 5.57. The van der Waals surface area contributed by atoms with Crippen molar-refractivity contribution in [2.75, 3.05) is 0 Å². The Morgan fingerprint density at radius 2 is 2.08 bits per heavy atom. The maximum absolute atomic E-state index is 13.4. The molecule has 0 radical (unpaired) electrons. The number of aromatic nitrogens is 1. The number of halogens is 2. The molecular weight excluding hydrogens is 342 g/mol. The van der Waals surface area contributed by atoms with Crippen LogP contribution in [0.4, 0.5) is 8.78 Å². The average Bonchev–Trinajstić information content (AvgIpc) is 3.23. The van der Waals surface area contributed by atoms with Gasteiger partial charge in [0.1, 0.15) is 12.3 Å². The van der Waals surface area contributed by atoms with Gasteiger partial charge in [0.05, 0.1) is 5.69 Å². The highest BCUT2D eigenvalue weighted by molar-refractivity contribution is 5.74. The molecule has 7 heteroatoms. The summed E-state index contributed by atoms with van der Waals surface area (Å²) < 4.78 is 31.9. The van der Waals surface area contributed by atoms with Crippen molar-refractivity contribution < 1.29 is 23.1 Å². The van der Waals surface area contributed by atoms with Crippen LogP contribution in [-0.2, 0) is 11.3 Å². The van der Waals surface area contributed by atoms with Crippen molar-refractivity contribution in [3.63, 3.8) is 0 Å². The van der Waals surface area contributed by atoms with Crippen LogP contribution in [0.25, 0.3) is 11.5 Å². The summed E-state index contributed by atoms with van der Waals surface area (Å²) in [5.41, 5.74) is 0.948. The molecule has 1 aromatic carbocycles. The van der Waals surface area contributed by atoms with Crippen molar-refractivity contribution in [2.45, 2.75) is 50.7 Å². The molecule has 138 valence electrons. The maximum atomic E-state index is 13.4. The second-order valence-electron chi connectivity index (χ2n) is 7.15.